The Morgan fingerprint density at radius 3 is 1.96 bits per heavy atom. The fraction of sp³-hybridized carbons (Fsp3) is 0.520. The van der Waals surface area contributed by atoms with Crippen LogP contribution in [0.1, 0.15) is 49.1 Å². The molecule has 4 rings (SSSR count). The molecule has 2 aromatic rings. The number of nitrogens with zero attached hydrogens (tertiary/aromatic N) is 2. The molecule has 2 fully saturated rings. The number of piperazine rings is 1. The number of rotatable bonds is 6. The van der Waals surface area contributed by atoms with Crippen LogP contribution in [0.5, 0.6) is 0 Å². The van der Waals surface area contributed by atoms with Gasteiger partial charge in [0.15, 0.2) is 0 Å². The molecule has 1 heterocycles. The van der Waals surface area contributed by atoms with E-state index in [-0.39, 0.29) is 0 Å². The van der Waals surface area contributed by atoms with Crippen LogP contribution >= 0.6 is 0 Å². The topological polar surface area (TPSA) is 6.48 Å². The summed E-state index contributed by atoms with van der Waals surface area (Å²) in [5.74, 6) is 1.59. The van der Waals surface area contributed by atoms with E-state index in [0.29, 0.717) is 5.92 Å². The molecule has 1 atom stereocenters. The molecule has 2 nitrogen and oxygen atoms in total. The molecule has 1 saturated carbocycles. The Morgan fingerprint density at radius 1 is 0.704 bits per heavy atom. The Bertz CT molecular complexity index is 655. The van der Waals surface area contributed by atoms with E-state index < -0.39 is 0 Å². The number of hydrogen-bond acceptors (Lipinski definition) is 2. The van der Waals surface area contributed by atoms with Crippen LogP contribution in [0.15, 0.2) is 60.7 Å². The van der Waals surface area contributed by atoms with E-state index in [1.165, 1.54) is 70.4 Å². The van der Waals surface area contributed by atoms with E-state index in [9.17, 15) is 0 Å². The van der Waals surface area contributed by atoms with Crippen LogP contribution in [0.2, 0.25) is 0 Å². The molecule has 0 aromatic heterocycles. The molecule has 0 amide bonds. The Morgan fingerprint density at radius 2 is 1.30 bits per heavy atom. The van der Waals surface area contributed by atoms with Crippen molar-refractivity contribution in [1.29, 1.82) is 0 Å². The highest BCUT2D eigenvalue weighted by atomic mass is 15.3. The van der Waals surface area contributed by atoms with E-state index in [4.69, 9.17) is 0 Å². The highest BCUT2D eigenvalue weighted by Gasteiger charge is 2.28. The van der Waals surface area contributed by atoms with Crippen LogP contribution < -0.4 is 0 Å². The van der Waals surface area contributed by atoms with Crippen LogP contribution in [-0.2, 0) is 6.54 Å². The zero-order valence-corrected chi connectivity index (χ0v) is 16.6. The summed E-state index contributed by atoms with van der Waals surface area (Å²) in [4.78, 5) is 5.34. The summed E-state index contributed by atoms with van der Waals surface area (Å²) in [5, 5.41) is 0. The van der Waals surface area contributed by atoms with Gasteiger partial charge >= 0.3 is 0 Å². The van der Waals surface area contributed by atoms with Gasteiger partial charge in [-0.15, -0.1) is 0 Å². The van der Waals surface area contributed by atoms with E-state index in [1.807, 2.05) is 0 Å². The van der Waals surface area contributed by atoms with Gasteiger partial charge in [0.25, 0.3) is 0 Å². The maximum Gasteiger partial charge on any atom is 0.0234 e. The number of hydrogen-bond donors (Lipinski definition) is 0. The lowest BCUT2D eigenvalue weighted by atomic mass is 9.76. The second-order valence-corrected chi connectivity index (χ2v) is 8.48. The van der Waals surface area contributed by atoms with Gasteiger partial charge in [0.05, 0.1) is 0 Å². The average Bonchev–Trinajstić information content (AvgIpc) is 2.75. The first-order valence-corrected chi connectivity index (χ1v) is 10.9. The second-order valence-electron chi connectivity index (χ2n) is 8.48. The third-order valence-corrected chi connectivity index (χ3v) is 6.62. The summed E-state index contributed by atoms with van der Waals surface area (Å²) in [6, 6.07) is 22.3. The van der Waals surface area contributed by atoms with Crippen LogP contribution in [0.3, 0.4) is 0 Å². The Hall–Kier alpha value is -1.64. The molecule has 0 N–H and O–H groups in total. The van der Waals surface area contributed by atoms with E-state index in [0.717, 1.165) is 12.5 Å². The lowest BCUT2D eigenvalue weighted by Crippen LogP contribution is -2.47. The minimum atomic E-state index is 0.715. The van der Waals surface area contributed by atoms with Gasteiger partial charge in [0.2, 0.25) is 0 Å². The number of benzene rings is 2. The average molecular weight is 363 g/mol. The fourth-order valence-corrected chi connectivity index (χ4v) is 5.01. The molecule has 1 aliphatic carbocycles. The summed E-state index contributed by atoms with van der Waals surface area (Å²) < 4.78 is 0. The molecule has 144 valence electrons. The molecule has 1 aliphatic heterocycles. The van der Waals surface area contributed by atoms with E-state index in [1.54, 1.807) is 5.56 Å². The first-order valence-electron chi connectivity index (χ1n) is 10.9. The third-order valence-electron chi connectivity index (χ3n) is 6.62. The first-order chi connectivity index (χ1) is 13.4. The van der Waals surface area contributed by atoms with Crippen molar-refractivity contribution in [3.05, 3.63) is 71.8 Å². The molecule has 27 heavy (non-hydrogen) atoms. The summed E-state index contributed by atoms with van der Waals surface area (Å²) in [6.07, 6.45) is 7.15. The molecular weight excluding hydrogens is 328 g/mol. The van der Waals surface area contributed by atoms with Gasteiger partial charge in [0, 0.05) is 39.3 Å². The van der Waals surface area contributed by atoms with Crippen LogP contribution in [0, 0.1) is 5.92 Å². The lowest BCUT2D eigenvalue weighted by molar-refractivity contribution is 0.110. The van der Waals surface area contributed by atoms with E-state index >= 15 is 0 Å². The smallest absolute Gasteiger partial charge is 0.0234 e. The van der Waals surface area contributed by atoms with Crippen molar-refractivity contribution in [2.45, 2.75) is 44.6 Å². The predicted molar refractivity (Wildman–Crippen MR) is 114 cm³/mol. The zero-order valence-electron chi connectivity index (χ0n) is 16.6. The standard InChI is InChI=1S/C25H34N2/c1-4-10-22(11-5-1)20-26-16-18-27(19-17-26)21-25(23-12-6-2-7-13-23)24-14-8-3-9-15-24/h1-2,4-7,10-13,24-25H,3,8-9,14-21H2. The van der Waals surface area contributed by atoms with Crippen molar-refractivity contribution in [2.75, 3.05) is 32.7 Å². The summed E-state index contributed by atoms with van der Waals surface area (Å²) >= 11 is 0. The van der Waals surface area contributed by atoms with Gasteiger partial charge in [-0.3, -0.25) is 4.90 Å². The van der Waals surface area contributed by atoms with Crippen LogP contribution in [0.25, 0.3) is 0 Å². The van der Waals surface area contributed by atoms with Crippen LogP contribution in [-0.4, -0.2) is 42.5 Å². The molecule has 1 saturated heterocycles. The van der Waals surface area contributed by atoms with Crippen molar-refractivity contribution in [3.63, 3.8) is 0 Å². The molecule has 2 heteroatoms. The Balaban J connectivity index is 1.35. The molecule has 2 aromatic carbocycles. The SMILES string of the molecule is c1ccc(CN2CCN(CC(c3ccccc3)C3CCCCC3)CC2)cc1. The third kappa shape index (κ3) is 5.21. The Kier molecular flexibility index (Phi) is 6.60. The maximum atomic E-state index is 2.73. The summed E-state index contributed by atoms with van der Waals surface area (Å²) in [5.41, 5.74) is 3.01. The lowest BCUT2D eigenvalue weighted by Gasteiger charge is -2.39. The van der Waals surface area contributed by atoms with Crippen molar-refractivity contribution >= 4 is 0 Å². The monoisotopic (exact) mass is 362 g/mol. The van der Waals surface area contributed by atoms with Crippen molar-refractivity contribution in [1.82, 2.24) is 9.80 Å². The molecule has 0 radical (unpaired) electrons. The van der Waals surface area contributed by atoms with Gasteiger partial charge in [-0.25, -0.2) is 0 Å². The molecule has 0 spiro atoms. The second kappa shape index (κ2) is 9.52. The van der Waals surface area contributed by atoms with Gasteiger partial charge < -0.3 is 4.90 Å². The normalized spacial score (nSPS) is 21.2. The van der Waals surface area contributed by atoms with Gasteiger partial charge in [-0.05, 0) is 35.8 Å². The van der Waals surface area contributed by atoms with Crippen molar-refractivity contribution < 1.29 is 0 Å². The van der Waals surface area contributed by atoms with Gasteiger partial charge in [-0.1, -0.05) is 79.9 Å². The zero-order chi connectivity index (χ0) is 18.3. The van der Waals surface area contributed by atoms with E-state index in [2.05, 4.69) is 70.5 Å². The first kappa shape index (κ1) is 18.7. The van der Waals surface area contributed by atoms with Crippen LogP contribution in [0.4, 0.5) is 0 Å². The Labute approximate surface area is 165 Å². The quantitative estimate of drug-likeness (QED) is 0.699. The summed E-state index contributed by atoms with van der Waals surface area (Å²) in [7, 11) is 0. The highest BCUT2D eigenvalue weighted by Crippen LogP contribution is 2.36. The molecule has 2 aliphatic rings. The fourth-order valence-electron chi connectivity index (χ4n) is 5.01. The predicted octanol–water partition coefficient (Wildman–Crippen LogP) is 5.17. The van der Waals surface area contributed by atoms with Crippen molar-refractivity contribution in [2.24, 2.45) is 5.92 Å². The largest absolute Gasteiger partial charge is 0.300 e. The highest BCUT2D eigenvalue weighted by molar-refractivity contribution is 5.21. The molecular formula is C25H34N2. The van der Waals surface area contributed by atoms with Crippen molar-refractivity contribution in [3.8, 4) is 0 Å². The summed E-state index contributed by atoms with van der Waals surface area (Å²) in [6.45, 7) is 7.15. The molecule has 0 bridgehead atoms. The minimum Gasteiger partial charge on any atom is -0.300 e. The van der Waals surface area contributed by atoms with Gasteiger partial charge in [-0.2, -0.15) is 0 Å². The minimum absolute atomic E-state index is 0.715. The molecule has 1 unspecified atom stereocenters. The van der Waals surface area contributed by atoms with Gasteiger partial charge in [0.1, 0.15) is 0 Å². The maximum absolute atomic E-state index is 2.73.